The van der Waals surface area contributed by atoms with Crippen LogP contribution in [0.2, 0.25) is 0 Å². The normalized spacial score (nSPS) is 19.1. The van der Waals surface area contributed by atoms with Crippen molar-refractivity contribution in [3.05, 3.63) is 106 Å². The molecule has 2 atom stereocenters. The Bertz CT molecular complexity index is 1190. The zero-order valence-electron chi connectivity index (χ0n) is 19.5. The highest BCUT2D eigenvalue weighted by Crippen LogP contribution is 2.26. The number of nitrogens with zero attached hydrogens (tertiary/aromatic N) is 1. The van der Waals surface area contributed by atoms with E-state index in [1.165, 1.54) is 5.56 Å². The summed E-state index contributed by atoms with van der Waals surface area (Å²) in [7, 11) is 0. The van der Waals surface area contributed by atoms with Gasteiger partial charge in [0, 0.05) is 16.7 Å². The molecule has 33 heavy (non-hydrogen) atoms. The fourth-order valence-corrected chi connectivity index (χ4v) is 4.08. The Labute approximate surface area is 195 Å². The van der Waals surface area contributed by atoms with Crippen LogP contribution in [0.1, 0.15) is 64.0 Å². The zero-order chi connectivity index (χ0) is 23.5. The Kier molecular flexibility index (Phi) is 6.40. The van der Waals surface area contributed by atoms with Gasteiger partial charge in [0.25, 0.3) is 5.91 Å². The smallest absolute Gasteiger partial charge is 0.304 e. The highest BCUT2D eigenvalue weighted by molar-refractivity contribution is 5.98. The van der Waals surface area contributed by atoms with Crippen molar-refractivity contribution in [3.63, 3.8) is 0 Å². The summed E-state index contributed by atoms with van der Waals surface area (Å²) in [6.07, 6.45) is 1.92. The van der Waals surface area contributed by atoms with E-state index in [4.69, 9.17) is 0 Å². The summed E-state index contributed by atoms with van der Waals surface area (Å²) < 4.78 is 1.80. The van der Waals surface area contributed by atoms with Crippen LogP contribution in [0.4, 0.5) is 0 Å². The molecule has 1 aliphatic heterocycles. The minimum absolute atomic E-state index is 0.239. The van der Waals surface area contributed by atoms with Crippen LogP contribution >= 0.6 is 0 Å². The average Bonchev–Trinajstić information content (AvgIpc) is 3.09. The van der Waals surface area contributed by atoms with Crippen LogP contribution in [-0.4, -0.2) is 28.8 Å². The number of carbonyl (C=O) groups excluding carboxylic acids is 2. The molecule has 5 heteroatoms. The third-order valence-corrected chi connectivity index (χ3v) is 6.01. The maximum Gasteiger partial charge on any atom is 0.304 e. The summed E-state index contributed by atoms with van der Waals surface area (Å²) in [5.74, 6) is -0.0530. The van der Waals surface area contributed by atoms with Crippen molar-refractivity contribution in [3.8, 4) is 0 Å². The molecule has 0 spiro atoms. The van der Waals surface area contributed by atoms with E-state index in [1.807, 2.05) is 74.7 Å². The quantitative estimate of drug-likeness (QED) is 0.576. The van der Waals surface area contributed by atoms with Crippen LogP contribution in [-0.2, 0) is 4.79 Å². The molecule has 0 saturated carbocycles. The van der Waals surface area contributed by atoms with Crippen LogP contribution < -0.4 is 10.7 Å². The molecule has 1 aliphatic rings. The first-order valence-electron chi connectivity index (χ1n) is 11.3. The molecule has 2 amide bonds. The molecular weight excluding hydrogens is 410 g/mol. The third-order valence-electron chi connectivity index (χ3n) is 6.01. The number of amides is 2. The fourth-order valence-electron chi connectivity index (χ4n) is 4.08. The maximum atomic E-state index is 13.0. The first kappa shape index (κ1) is 22.5. The third kappa shape index (κ3) is 5.03. The SMILES string of the molecule is Cc1ccc([C@@H]2[C@@H](NC(=O)c3cccc(C)c3)C(=O)N/[N+]2=C\c2ccc(C(C)C)cc2)cc1. The number of benzene rings is 3. The van der Waals surface area contributed by atoms with E-state index in [0.717, 1.165) is 22.3 Å². The Morgan fingerprint density at radius 1 is 0.970 bits per heavy atom. The molecular formula is C28H30N3O2+. The molecule has 1 fully saturated rings. The molecule has 5 nitrogen and oxygen atoms in total. The standard InChI is InChI=1S/C28H29N3O2/c1-18(2)22-14-10-21(11-15-22)17-31-26(23-12-8-19(3)9-13-23)25(28(33)30-31)29-27(32)24-7-5-6-20(4)16-24/h5-18,25-26H,1-4H3,(H-,29,30,32,33)/p+1/b31-17-/t25-,26-/m1/s1. The zero-order valence-corrected chi connectivity index (χ0v) is 19.5. The van der Waals surface area contributed by atoms with Crippen LogP contribution in [0.25, 0.3) is 0 Å². The number of nitrogens with one attached hydrogen (secondary N) is 2. The maximum absolute atomic E-state index is 13.0. The van der Waals surface area contributed by atoms with E-state index in [9.17, 15) is 9.59 Å². The van der Waals surface area contributed by atoms with Crippen molar-refractivity contribution in [1.29, 1.82) is 0 Å². The molecule has 1 saturated heterocycles. The Morgan fingerprint density at radius 2 is 1.67 bits per heavy atom. The summed E-state index contributed by atoms with van der Waals surface area (Å²) in [6, 6.07) is 22.6. The van der Waals surface area contributed by atoms with Crippen LogP contribution in [0.5, 0.6) is 0 Å². The predicted octanol–water partition coefficient (Wildman–Crippen LogP) is 4.44. The van der Waals surface area contributed by atoms with Gasteiger partial charge in [-0.15, -0.1) is 10.1 Å². The van der Waals surface area contributed by atoms with Gasteiger partial charge in [-0.05, 0) is 49.6 Å². The van der Waals surface area contributed by atoms with Crippen LogP contribution in [0.15, 0.2) is 72.8 Å². The van der Waals surface area contributed by atoms with Crippen LogP contribution in [0.3, 0.4) is 0 Å². The summed E-state index contributed by atoms with van der Waals surface area (Å²) in [5.41, 5.74) is 8.80. The van der Waals surface area contributed by atoms with E-state index in [0.29, 0.717) is 11.5 Å². The van der Waals surface area contributed by atoms with Gasteiger partial charge in [0.15, 0.2) is 6.04 Å². The number of hydrogen-bond acceptors (Lipinski definition) is 2. The highest BCUT2D eigenvalue weighted by Gasteiger charge is 2.47. The lowest BCUT2D eigenvalue weighted by Gasteiger charge is -2.15. The molecule has 3 aromatic rings. The second-order valence-electron chi connectivity index (χ2n) is 9.01. The Hall–Kier alpha value is -3.73. The molecule has 168 valence electrons. The van der Waals surface area contributed by atoms with Gasteiger partial charge in [0.2, 0.25) is 12.3 Å². The number of carbonyl (C=O) groups is 2. The lowest BCUT2D eigenvalue weighted by molar-refractivity contribution is -0.596. The number of hydrazone groups is 1. The molecule has 0 unspecified atom stereocenters. The van der Waals surface area contributed by atoms with Crippen molar-refractivity contribution >= 4 is 18.0 Å². The number of rotatable bonds is 5. The lowest BCUT2D eigenvalue weighted by atomic mass is 9.98. The van der Waals surface area contributed by atoms with Crippen molar-refractivity contribution in [1.82, 2.24) is 10.7 Å². The minimum atomic E-state index is -0.730. The number of hydrazine groups is 1. The molecule has 4 rings (SSSR count). The van der Waals surface area contributed by atoms with Gasteiger partial charge < -0.3 is 5.32 Å². The monoisotopic (exact) mass is 440 g/mol. The second kappa shape index (κ2) is 9.41. The molecule has 0 radical (unpaired) electrons. The van der Waals surface area contributed by atoms with E-state index in [-0.39, 0.29) is 17.9 Å². The molecule has 0 bridgehead atoms. The van der Waals surface area contributed by atoms with Gasteiger partial charge in [0.1, 0.15) is 0 Å². The molecule has 0 aromatic heterocycles. The summed E-state index contributed by atoms with van der Waals surface area (Å²) >= 11 is 0. The first-order valence-corrected chi connectivity index (χ1v) is 11.3. The van der Waals surface area contributed by atoms with E-state index < -0.39 is 6.04 Å². The van der Waals surface area contributed by atoms with E-state index in [2.05, 4.69) is 36.7 Å². The van der Waals surface area contributed by atoms with Gasteiger partial charge in [-0.1, -0.05) is 73.5 Å². The van der Waals surface area contributed by atoms with Crippen molar-refractivity contribution in [2.24, 2.45) is 0 Å². The summed E-state index contributed by atoms with van der Waals surface area (Å²) in [5, 5.41) is 2.96. The van der Waals surface area contributed by atoms with Crippen LogP contribution in [0, 0.1) is 13.8 Å². The molecule has 0 aliphatic carbocycles. The van der Waals surface area contributed by atoms with Gasteiger partial charge in [-0.3, -0.25) is 9.59 Å². The van der Waals surface area contributed by atoms with Crippen molar-refractivity contribution < 1.29 is 14.3 Å². The Morgan fingerprint density at radius 3 is 2.30 bits per heavy atom. The second-order valence-corrected chi connectivity index (χ2v) is 9.01. The number of aryl methyl sites for hydroxylation is 2. The van der Waals surface area contributed by atoms with Crippen molar-refractivity contribution in [2.75, 3.05) is 0 Å². The van der Waals surface area contributed by atoms with Gasteiger partial charge in [0.05, 0.1) is 0 Å². The summed E-state index contributed by atoms with van der Waals surface area (Å²) in [6.45, 7) is 8.29. The van der Waals surface area contributed by atoms with Gasteiger partial charge >= 0.3 is 5.91 Å². The fraction of sp³-hybridized carbons (Fsp3) is 0.250. The van der Waals surface area contributed by atoms with E-state index in [1.54, 1.807) is 10.8 Å². The van der Waals surface area contributed by atoms with Gasteiger partial charge in [-0.25, -0.2) is 0 Å². The van der Waals surface area contributed by atoms with E-state index >= 15 is 0 Å². The first-order chi connectivity index (χ1) is 15.8. The largest absolute Gasteiger partial charge is 0.334 e. The topological polar surface area (TPSA) is 61.2 Å². The highest BCUT2D eigenvalue weighted by atomic mass is 16.2. The molecule has 3 aromatic carbocycles. The van der Waals surface area contributed by atoms with Crippen molar-refractivity contribution in [2.45, 2.75) is 45.7 Å². The molecule has 2 N–H and O–H groups in total. The Balaban J connectivity index is 1.69. The molecule has 1 heterocycles. The van der Waals surface area contributed by atoms with Gasteiger partial charge in [-0.2, -0.15) is 0 Å². The number of hydrogen-bond donors (Lipinski definition) is 2. The summed E-state index contributed by atoms with van der Waals surface area (Å²) in [4.78, 5) is 26.0. The predicted molar refractivity (Wildman–Crippen MR) is 130 cm³/mol. The average molecular weight is 441 g/mol. The minimum Gasteiger partial charge on any atom is -0.334 e. The lowest BCUT2D eigenvalue weighted by Crippen LogP contribution is -2.42.